The monoisotopic (exact) mass is 400 g/mol. The van der Waals surface area contributed by atoms with Gasteiger partial charge in [0.2, 0.25) is 5.91 Å². The van der Waals surface area contributed by atoms with Crippen molar-refractivity contribution >= 4 is 5.91 Å². The standard InChI is InChI=1S/C25H40N2O2/c1-18(14-19-10-6-5-7-11-19)23(28)17-27-16-21-13-9-8-12-20(21)15-22(27)24(29)26-25(2,3)4/h5-7,10-11,18,20-23,28H,8-9,12-17H2,1-4H3,(H,26,29). The number of aliphatic hydroxyl groups excluding tert-OH is 1. The summed E-state index contributed by atoms with van der Waals surface area (Å²) in [7, 11) is 0. The summed E-state index contributed by atoms with van der Waals surface area (Å²) in [5.74, 6) is 1.63. The molecule has 5 unspecified atom stereocenters. The molecule has 0 spiro atoms. The molecule has 2 N–H and O–H groups in total. The highest BCUT2D eigenvalue weighted by Crippen LogP contribution is 2.39. The summed E-state index contributed by atoms with van der Waals surface area (Å²) in [6.45, 7) is 9.77. The van der Waals surface area contributed by atoms with Crippen LogP contribution in [0.5, 0.6) is 0 Å². The van der Waals surface area contributed by atoms with Gasteiger partial charge in [-0.2, -0.15) is 0 Å². The minimum absolute atomic E-state index is 0.118. The normalized spacial score (nSPS) is 27.7. The van der Waals surface area contributed by atoms with Crippen LogP contribution in [-0.4, -0.2) is 46.7 Å². The SMILES string of the molecule is CC(Cc1ccccc1)C(O)CN1CC2CCCCC2CC1C(=O)NC(C)(C)C. The molecule has 0 bridgehead atoms. The minimum atomic E-state index is -0.430. The predicted molar refractivity (Wildman–Crippen MR) is 119 cm³/mol. The fraction of sp³-hybridized carbons (Fsp3) is 0.720. The number of hydrogen-bond acceptors (Lipinski definition) is 3. The van der Waals surface area contributed by atoms with Crippen LogP contribution in [0.1, 0.15) is 65.4 Å². The number of piperidine rings is 1. The second-order valence-corrected chi connectivity index (χ2v) is 10.5. The lowest BCUT2D eigenvalue weighted by atomic mass is 9.72. The molecule has 1 aliphatic heterocycles. The van der Waals surface area contributed by atoms with Gasteiger partial charge in [-0.05, 0) is 63.4 Å². The largest absolute Gasteiger partial charge is 0.392 e. The van der Waals surface area contributed by atoms with E-state index in [0.717, 1.165) is 19.4 Å². The van der Waals surface area contributed by atoms with Crippen LogP contribution in [0.2, 0.25) is 0 Å². The molecule has 5 atom stereocenters. The molecule has 4 heteroatoms. The van der Waals surface area contributed by atoms with E-state index in [9.17, 15) is 9.90 Å². The zero-order chi connectivity index (χ0) is 21.0. The van der Waals surface area contributed by atoms with Gasteiger partial charge in [0, 0.05) is 18.6 Å². The molecule has 0 radical (unpaired) electrons. The quantitative estimate of drug-likeness (QED) is 0.758. The number of benzene rings is 1. The number of nitrogens with zero attached hydrogens (tertiary/aromatic N) is 1. The summed E-state index contributed by atoms with van der Waals surface area (Å²) in [6.07, 6.45) is 6.49. The van der Waals surface area contributed by atoms with Crippen LogP contribution in [0.4, 0.5) is 0 Å². The Balaban J connectivity index is 1.67. The summed E-state index contributed by atoms with van der Waals surface area (Å²) in [5.41, 5.74) is 1.03. The number of β-amino-alcohol motifs (C(OH)–C–C–N with tert-alkyl or cyclic N) is 1. The summed E-state index contributed by atoms with van der Waals surface area (Å²) in [5, 5.41) is 14.2. The average molecular weight is 401 g/mol. The topological polar surface area (TPSA) is 52.6 Å². The van der Waals surface area contributed by atoms with Crippen LogP contribution in [0.15, 0.2) is 30.3 Å². The van der Waals surface area contributed by atoms with Gasteiger partial charge in [-0.25, -0.2) is 0 Å². The molecule has 1 aliphatic carbocycles. The van der Waals surface area contributed by atoms with E-state index in [-0.39, 0.29) is 23.4 Å². The molecule has 162 valence electrons. The summed E-state index contributed by atoms with van der Waals surface area (Å²) >= 11 is 0. The molecular formula is C25H40N2O2. The maximum atomic E-state index is 13.1. The molecule has 0 aromatic heterocycles. The number of hydrogen-bond donors (Lipinski definition) is 2. The van der Waals surface area contributed by atoms with E-state index in [1.807, 2.05) is 26.8 Å². The second kappa shape index (κ2) is 9.61. The fourth-order valence-corrected chi connectivity index (χ4v) is 5.17. The number of nitrogens with one attached hydrogen (secondary N) is 1. The van der Waals surface area contributed by atoms with Gasteiger partial charge in [0.15, 0.2) is 0 Å². The Morgan fingerprint density at radius 3 is 2.48 bits per heavy atom. The molecular weight excluding hydrogens is 360 g/mol. The van der Waals surface area contributed by atoms with Crippen LogP contribution in [0.25, 0.3) is 0 Å². The Bertz CT molecular complexity index is 655. The minimum Gasteiger partial charge on any atom is -0.392 e. The van der Waals surface area contributed by atoms with Crippen LogP contribution in [-0.2, 0) is 11.2 Å². The number of amides is 1. The van der Waals surface area contributed by atoms with Gasteiger partial charge in [-0.15, -0.1) is 0 Å². The van der Waals surface area contributed by atoms with Crippen molar-refractivity contribution in [1.82, 2.24) is 10.2 Å². The van der Waals surface area contributed by atoms with Crippen LogP contribution in [0, 0.1) is 17.8 Å². The first-order chi connectivity index (χ1) is 13.7. The van der Waals surface area contributed by atoms with Crippen molar-refractivity contribution in [2.24, 2.45) is 17.8 Å². The number of fused-ring (bicyclic) bond motifs is 1. The van der Waals surface area contributed by atoms with Crippen molar-refractivity contribution in [3.63, 3.8) is 0 Å². The Kier molecular flexibility index (Phi) is 7.39. The van der Waals surface area contributed by atoms with Crippen molar-refractivity contribution in [2.75, 3.05) is 13.1 Å². The first-order valence-corrected chi connectivity index (χ1v) is 11.5. The molecule has 2 fully saturated rings. The number of carbonyl (C=O) groups excluding carboxylic acids is 1. The lowest BCUT2D eigenvalue weighted by molar-refractivity contribution is -0.132. The molecule has 1 aromatic carbocycles. The van der Waals surface area contributed by atoms with Gasteiger partial charge in [0.05, 0.1) is 12.1 Å². The third-order valence-electron chi connectivity index (χ3n) is 6.78. The van der Waals surface area contributed by atoms with Gasteiger partial charge < -0.3 is 10.4 Å². The van der Waals surface area contributed by atoms with Crippen LogP contribution >= 0.6 is 0 Å². The van der Waals surface area contributed by atoms with E-state index in [2.05, 4.69) is 41.4 Å². The molecule has 3 rings (SSSR count). The Hall–Kier alpha value is -1.39. The summed E-state index contributed by atoms with van der Waals surface area (Å²) < 4.78 is 0. The van der Waals surface area contributed by atoms with Crippen LogP contribution in [0.3, 0.4) is 0 Å². The van der Waals surface area contributed by atoms with Gasteiger partial charge in [0.25, 0.3) is 0 Å². The van der Waals surface area contributed by atoms with E-state index in [1.165, 1.54) is 31.2 Å². The summed E-state index contributed by atoms with van der Waals surface area (Å²) in [6, 6.07) is 10.3. The number of aliphatic hydroxyl groups is 1. The zero-order valence-corrected chi connectivity index (χ0v) is 18.7. The molecule has 1 saturated heterocycles. The van der Waals surface area contributed by atoms with E-state index in [1.54, 1.807) is 0 Å². The molecule has 1 aromatic rings. The van der Waals surface area contributed by atoms with Crippen molar-refractivity contribution in [3.05, 3.63) is 35.9 Å². The molecule has 1 saturated carbocycles. The number of carbonyl (C=O) groups is 1. The lowest BCUT2D eigenvalue weighted by Gasteiger charge is -2.47. The Labute approximate surface area is 177 Å². The maximum absolute atomic E-state index is 13.1. The van der Waals surface area contributed by atoms with E-state index in [0.29, 0.717) is 18.4 Å². The van der Waals surface area contributed by atoms with Crippen molar-refractivity contribution in [3.8, 4) is 0 Å². The van der Waals surface area contributed by atoms with Gasteiger partial charge in [0.1, 0.15) is 0 Å². The fourth-order valence-electron chi connectivity index (χ4n) is 5.17. The zero-order valence-electron chi connectivity index (χ0n) is 18.7. The van der Waals surface area contributed by atoms with E-state index >= 15 is 0 Å². The molecule has 1 amide bonds. The second-order valence-electron chi connectivity index (χ2n) is 10.5. The molecule has 4 nitrogen and oxygen atoms in total. The Morgan fingerprint density at radius 1 is 1.17 bits per heavy atom. The number of rotatable bonds is 6. The maximum Gasteiger partial charge on any atom is 0.237 e. The van der Waals surface area contributed by atoms with Crippen molar-refractivity contribution < 1.29 is 9.90 Å². The highest BCUT2D eigenvalue weighted by atomic mass is 16.3. The van der Waals surface area contributed by atoms with Gasteiger partial charge >= 0.3 is 0 Å². The predicted octanol–water partition coefficient (Wildman–Crippen LogP) is 4.02. The van der Waals surface area contributed by atoms with E-state index < -0.39 is 6.10 Å². The third kappa shape index (κ3) is 6.29. The molecule has 29 heavy (non-hydrogen) atoms. The van der Waals surface area contributed by atoms with Gasteiger partial charge in [-0.1, -0.05) is 56.5 Å². The number of likely N-dealkylation sites (tertiary alicyclic amines) is 1. The molecule has 1 heterocycles. The average Bonchev–Trinajstić information content (AvgIpc) is 2.66. The molecule has 2 aliphatic rings. The van der Waals surface area contributed by atoms with Crippen molar-refractivity contribution in [2.45, 2.75) is 83.9 Å². The third-order valence-corrected chi connectivity index (χ3v) is 6.78. The highest BCUT2D eigenvalue weighted by Gasteiger charge is 2.41. The Morgan fingerprint density at radius 2 is 1.83 bits per heavy atom. The first kappa shape index (κ1) is 22.3. The smallest absolute Gasteiger partial charge is 0.237 e. The lowest BCUT2D eigenvalue weighted by Crippen LogP contribution is -2.59. The highest BCUT2D eigenvalue weighted by molar-refractivity contribution is 5.82. The van der Waals surface area contributed by atoms with E-state index in [4.69, 9.17) is 0 Å². The first-order valence-electron chi connectivity index (χ1n) is 11.5. The summed E-state index contributed by atoms with van der Waals surface area (Å²) in [4.78, 5) is 15.4. The van der Waals surface area contributed by atoms with Crippen LogP contribution < -0.4 is 5.32 Å². The van der Waals surface area contributed by atoms with Crippen molar-refractivity contribution in [1.29, 1.82) is 0 Å². The van der Waals surface area contributed by atoms with Gasteiger partial charge in [-0.3, -0.25) is 9.69 Å².